The first-order valence-electron chi connectivity index (χ1n) is 11.2. The number of hydrogen-bond acceptors (Lipinski definition) is 6. The molecule has 33 heavy (non-hydrogen) atoms. The third kappa shape index (κ3) is 6.58. The van der Waals surface area contributed by atoms with Crippen LogP contribution in [0.3, 0.4) is 0 Å². The highest BCUT2D eigenvalue weighted by atomic mass is 16.5. The Hall–Kier alpha value is -3.32. The van der Waals surface area contributed by atoms with Crippen molar-refractivity contribution in [3.63, 3.8) is 0 Å². The number of benzene rings is 2. The number of rotatable bonds is 10. The molecular weight excluding hydrogens is 418 g/mol. The molecule has 0 saturated heterocycles. The average molecular weight is 452 g/mol. The molecule has 0 bridgehead atoms. The zero-order chi connectivity index (χ0) is 23.8. The Bertz CT molecular complexity index is 999. The fourth-order valence-electron chi connectivity index (χ4n) is 3.85. The van der Waals surface area contributed by atoms with E-state index in [2.05, 4.69) is 15.5 Å². The molecule has 2 aromatic rings. The summed E-state index contributed by atoms with van der Waals surface area (Å²) in [7, 11) is 3.46. The summed E-state index contributed by atoms with van der Waals surface area (Å²) in [6, 6.07) is 13.3. The minimum absolute atomic E-state index is 0.0525. The predicted octanol–water partition coefficient (Wildman–Crippen LogP) is 3.29. The molecule has 7 heteroatoms. The molecule has 1 amide bonds. The molecule has 2 aromatic carbocycles. The van der Waals surface area contributed by atoms with Crippen molar-refractivity contribution in [1.82, 2.24) is 15.5 Å². The van der Waals surface area contributed by atoms with Crippen LogP contribution in [0.1, 0.15) is 41.8 Å². The quantitative estimate of drug-likeness (QED) is 0.540. The van der Waals surface area contributed by atoms with Gasteiger partial charge in [-0.1, -0.05) is 18.2 Å². The number of nitrogens with one attached hydrogen (secondary N) is 2. The van der Waals surface area contributed by atoms with Gasteiger partial charge >= 0.3 is 0 Å². The van der Waals surface area contributed by atoms with Crippen molar-refractivity contribution < 1.29 is 19.1 Å². The first-order valence-corrected chi connectivity index (χ1v) is 11.2. The van der Waals surface area contributed by atoms with Crippen molar-refractivity contribution in [3.05, 3.63) is 70.4 Å². The number of carbonyl (C=O) groups is 2. The van der Waals surface area contributed by atoms with E-state index in [9.17, 15) is 9.59 Å². The highest BCUT2D eigenvalue weighted by Gasteiger charge is 2.18. The number of methoxy groups -OCH3 is 1. The van der Waals surface area contributed by atoms with Gasteiger partial charge in [0.15, 0.2) is 11.5 Å². The topological polar surface area (TPSA) is 79.9 Å². The van der Waals surface area contributed by atoms with Crippen LogP contribution < -0.4 is 20.1 Å². The van der Waals surface area contributed by atoms with Gasteiger partial charge in [-0.15, -0.1) is 0 Å². The molecular formula is C26H33N3O4. The van der Waals surface area contributed by atoms with Crippen molar-refractivity contribution >= 4 is 12.2 Å². The summed E-state index contributed by atoms with van der Waals surface area (Å²) in [6.07, 6.45) is 1.82. The summed E-state index contributed by atoms with van der Waals surface area (Å²) < 4.78 is 11.1. The summed E-state index contributed by atoms with van der Waals surface area (Å²) >= 11 is 0. The van der Waals surface area contributed by atoms with E-state index in [4.69, 9.17) is 9.47 Å². The van der Waals surface area contributed by atoms with Crippen molar-refractivity contribution in [1.29, 1.82) is 0 Å². The second-order valence-electron chi connectivity index (χ2n) is 8.36. The second kappa shape index (κ2) is 11.5. The van der Waals surface area contributed by atoms with E-state index in [1.807, 2.05) is 63.4 Å². The lowest BCUT2D eigenvalue weighted by atomic mass is 10.1. The van der Waals surface area contributed by atoms with E-state index >= 15 is 0 Å². The van der Waals surface area contributed by atoms with Gasteiger partial charge in [0.2, 0.25) is 0 Å². The third-order valence-corrected chi connectivity index (χ3v) is 5.57. The number of hydrogen-bond donors (Lipinski definition) is 2. The van der Waals surface area contributed by atoms with E-state index < -0.39 is 0 Å². The maximum Gasteiger partial charge on any atom is 0.251 e. The maximum absolute atomic E-state index is 12.6. The largest absolute Gasteiger partial charge is 0.493 e. The van der Waals surface area contributed by atoms with Crippen LogP contribution >= 0.6 is 0 Å². The van der Waals surface area contributed by atoms with Crippen molar-refractivity contribution in [3.8, 4) is 11.5 Å². The van der Waals surface area contributed by atoms with Crippen molar-refractivity contribution in [2.75, 3.05) is 27.2 Å². The number of amides is 1. The van der Waals surface area contributed by atoms with Gasteiger partial charge in [-0.2, -0.15) is 0 Å². The molecule has 1 aliphatic heterocycles. The van der Waals surface area contributed by atoms with Gasteiger partial charge in [0.05, 0.1) is 13.2 Å². The maximum atomic E-state index is 12.6. The molecule has 3 rings (SSSR count). The summed E-state index contributed by atoms with van der Waals surface area (Å²) in [6.45, 7) is 6.57. The zero-order valence-corrected chi connectivity index (χ0v) is 19.8. The third-order valence-electron chi connectivity index (χ3n) is 5.57. The van der Waals surface area contributed by atoms with Crippen LogP contribution in [0.2, 0.25) is 0 Å². The lowest BCUT2D eigenvalue weighted by Crippen LogP contribution is -2.34. The van der Waals surface area contributed by atoms with Crippen LogP contribution in [0, 0.1) is 0 Å². The minimum Gasteiger partial charge on any atom is -0.493 e. The van der Waals surface area contributed by atoms with Crippen molar-refractivity contribution in [2.24, 2.45) is 0 Å². The van der Waals surface area contributed by atoms with Crippen LogP contribution in [0.5, 0.6) is 11.5 Å². The number of nitrogens with zero attached hydrogens (tertiary/aromatic N) is 1. The Kier molecular flexibility index (Phi) is 8.49. The zero-order valence-electron chi connectivity index (χ0n) is 19.8. The average Bonchev–Trinajstić information content (AvgIpc) is 2.83. The van der Waals surface area contributed by atoms with Gasteiger partial charge in [0, 0.05) is 56.5 Å². The SMILES string of the molecule is CNC1=C(C=O)CN(Cc2ccc(C(=O)NCc3ccc(OC(C)C)c(OC)c3)cc2)CC1. The van der Waals surface area contributed by atoms with Crippen LogP contribution in [-0.4, -0.2) is 50.4 Å². The van der Waals surface area contributed by atoms with Gasteiger partial charge in [-0.25, -0.2) is 0 Å². The minimum atomic E-state index is -0.133. The Labute approximate surface area is 195 Å². The van der Waals surface area contributed by atoms with Crippen LogP contribution in [0.15, 0.2) is 53.7 Å². The Morgan fingerprint density at radius 3 is 2.48 bits per heavy atom. The Morgan fingerprint density at radius 2 is 1.85 bits per heavy atom. The van der Waals surface area contributed by atoms with Crippen LogP contribution in [0.25, 0.3) is 0 Å². The summed E-state index contributed by atoms with van der Waals surface area (Å²) in [4.78, 5) is 26.2. The molecule has 1 heterocycles. The van der Waals surface area contributed by atoms with Gasteiger partial charge < -0.3 is 20.1 Å². The van der Waals surface area contributed by atoms with E-state index in [1.165, 1.54) is 0 Å². The highest BCUT2D eigenvalue weighted by molar-refractivity contribution is 5.94. The molecule has 0 radical (unpaired) electrons. The molecule has 7 nitrogen and oxygen atoms in total. The fourth-order valence-corrected chi connectivity index (χ4v) is 3.85. The summed E-state index contributed by atoms with van der Waals surface area (Å²) in [5, 5.41) is 6.07. The molecule has 2 N–H and O–H groups in total. The number of carbonyl (C=O) groups excluding carboxylic acids is 2. The molecule has 0 spiro atoms. The van der Waals surface area contributed by atoms with E-state index in [1.54, 1.807) is 7.11 Å². The monoisotopic (exact) mass is 451 g/mol. The predicted molar refractivity (Wildman–Crippen MR) is 128 cm³/mol. The normalized spacial score (nSPS) is 14.2. The lowest BCUT2D eigenvalue weighted by molar-refractivity contribution is -0.105. The molecule has 0 atom stereocenters. The van der Waals surface area contributed by atoms with Gasteiger partial charge in [-0.05, 0) is 49.2 Å². The molecule has 0 unspecified atom stereocenters. The number of ether oxygens (including phenoxy) is 2. The lowest BCUT2D eigenvalue weighted by Gasteiger charge is -2.28. The fraction of sp³-hybridized carbons (Fsp3) is 0.385. The van der Waals surface area contributed by atoms with Crippen molar-refractivity contribution in [2.45, 2.75) is 39.5 Å². The van der Waals surface area contributed by atoms with Crippen LogP contribution in [-0.2, 0) is 17.9 Å². The van der Waals surface area contributed by atoms with E-state index in [-0.39, 0.29) is 12.0 Å². The standard InChI is InChI=1S/C26H33N3O4/c1-18(2)33-24-10-7-20(13-25(24)32-4)14-28-26(31)21-8-5-19(6-9-21)15-29-12-11-23(27-3)22(16-29)17-30/h5-10,13,17-18,27H,11-12,14-16H2,1-4H3,(H,28,31). The molecule has 0 saturated carbocycles. The van der Waals surface area contributed by atoms with Gasteiger partial charge in [-0.3, -0.25) is 14.5 Å². The highest BCUT2D eigenvalue weighted by Crippen LogP contribution is 2.29. The molecule has 0 aromatic heterocycles. The Balaban J connectivity index is 1.55. The Morgan fingerprint density at radius 1 is 1.12 bits per heavy atom. The van der Waals surface area contributed by atoms with Gasteiger partial charge in [0.25, 0.3) is 5.91 Å². The molecule has 176 valence electrons. The summed E-state index contributed by atoms with van der Waals surface area (Å²) in [5.74, 6) is 1.20. The van der Waals surface area contributed by atoms with Crippen LogP contribution in [0.4, 0.5) is 0 Å². The van der Waals surface area contributed by atoms with E-state index in [0.29, 0.717) is 30.2 Å². The number of aldehydes is 1. The second-order valence-corrected chi connectivity index (χ2v) is 8.36. The molecule has 0 aliphatic carbocycles. The first-order chi connectivity index (χ1) is 15.9. The summed E-state index contributed by atoms with van der Waals surface area (Å²) in [5.41, 5.74) is 4.47. The molecule has 0 fully saturated rings. The smallest absolute Gasteiger partial charge is 0.251 e. The van der Waals surface area contributed by atoms with Gasteiger partial charge in [0.1, 0.15) is 6.29 Å². The first kappa shape index (κ1) is 24.3. The molecule has 1 aliphatic rings. The van der Waals surface area contributed by atoms with E-state index in [0.717, 1.165) is 48.2 Å².